The van der Waals surface area contributed by atoms with E-state index in [1.165, 1.54) is 5.56 Å². The molecule has 0 atom stereocenters. The molecule has 0 aliphatic heterocycles. The van der Waals surface area contributed by atoms with E-state index in [9.17, 15) is 0 Å². The van der Waals surface area contributed by atoms with Crippen LogP contribution in [0.2, 0.25) is 0 Å². The third-order valence-corrected chi connectivity index (χ3v) is 3.13. The Bertz CT molecular complexity index is 511. The van der Waals surface area contributed by atoms with Crippen molar-refractivity contribution in [1.29, 1.82) is 0 Å². The Kier molecular flexibility index (Phi) is 4.58. The lowest BCUT2D eigenvalue weighted by atomic mass is 10.1. The first-order chi connectivity index (χ1) is 9.20. The number of rotatable bonds is 5. The number of ether oxygens (including phenoxy) is 1. The van der Waals surface area contributed by atoms with E-state index in [2.05, 4.69) is 56.4 Å². The van der Waals surface area contributed by atoms with Gasteiger partial charge in [-0.3, -0.25) is 0 Å². The quantitative estimate of drug-likeness (QED) is 0.864. The molecule has 2 aromatic rings. The zero-order valence-corrected chi connectivity index (χ0v) is 11.9. The predicted octanol–water partition coefficient (Wildman–Crippen LogP) is 4.21. The van der Waals surface area contributed by atoms with Gasteiger partial charge in [-0.1, -0.05) is 37.3 Å². The molecule has 0 aromatic heterocycles. The summed E-state index contributed by atoms with van der Waals surface area (Å²) < 4.78 is 5.98. The molecule has 19 heavy (non-hydrogen) atoms. The summed E-state index contributed by atoms with van der Waals surface area (Å²) in [6.07, 6.45) is 0. The first kappa shape index (κ1) is 13.6. The van der Waals surface area contributed by atoms with Gasteiger partial charge in [0, 0.05) is 6.54 Å². The van der Waals surface area contributed by atoms with Crippen molar-refractivity contribution in [1.82, 2.24) is 5.32 Å². The normalized spacial score (nSPS) is 10.5. The van der Waals surface area contributed by atoms with Crippen molar-refractivity contribution >= 4 is 0 Å². The largest absolute Gasteiger partial charge is 0.457 e. The Labute approximate surface area is 115 Å². The molecule has 0 aliphatic rings. The van der Waals surface area contributed by atoms with Crippen LogP contribution < -0.4 is 10.1 Å². The van der Waals surface area contributed by atoms with Crippen molar-refractivity contribution in [2.45, 2.75) is 27.3 Å². The first-order valence-corrected chi connectivity index (χ1v) is 6.74. The van der Waals surface area contributed by atoms with Gasteiger partial charge in [-0.05, 0) is 49.2 Å². The standard InChI is InChI=1S/C17H21NO/c1-4-18-12-15-8-10-16(11-9-15)19-17-13(2)6-5-7-14(17)3/h5-11,18H,4,12H2,1-3H3. The highest BCUT2D eigenvalue weighted by Gasteiger charge is 2.04. The van der Waals surface area contributed by atoms with Crippen molar-refractivity contribution in [2.75, 3.05) is 6.54 Å². The maximum absolute atomic E-state index is 5.98. The Morgan fingerprint density at radius 1 is 0.947 bits per heavy atom. The van der Waals surface area contributed by atoms with Crippen molar-refractivity contribution in [3.8, 4) is 11.5 Å². The minimum atomic E-state index is 0.887. The zero-order chi connectivity index (χ0) is 13.7. The van der Waals surface area contributed by atoms with E-state index >= 15 is 0 Å². The topological polar surface area (TPSA) is 21.3 Å². The molecule has 0 radical (unpaired) electrons. The Morgan fingerprint density at radius 3 is 2.16 bits per heavy atom. The monoisotopic (exact) mass is 255 g/mol. The van der Waals surface area contributed by atoms with Crippen LogP contribution >= 0.6 is 0 Å². The van der Waals surface area contributed by atoms with Crippen LogP contribution in [-0.2, 0) is 6.54 Å². The summed E-state index contributed by atoms with van der Waals surface area (Å²) in [6, 6.07) is 14.5. The Balaban J connectivity index is 2.11. The molecule has 2 heteroatoms. The highest BCUT2D eigenvalue weighted by atomic mass is 16.5. The van der Waals surface area contributed by atoms with Crippen molar-refractivity contribution in [3.63, 3.8) is 0 Å². The fourth-order valence-corrected chi connectivity index (χ4v) is 2.02. The van der Waals surface area contributed by atoms with Gasteiger partial charge in [0.05, 0.1) is 0 Å². The molecule has 100 valence electrons. The smallest absolute Gasteiger partial charge is 0.133 e. The number of aryl methyl sites for hydroxylation is 2. The molecule has 0 fully saturated rings. The number of hydrogen-bond donors (Lipinski definition) is 1. The van der Waals surface area contributed by atoms with Crippen LogP contribution in [0, 0.1) is 13.8 Å². The summed E-state index contributed by atoms with van der Waals surface area (Å²) in [4.78, 5) is 0. The molecule has 0 amide bonds. The number of hydrogen-bond acceptors (Lipinski definition) is 2. The van der Waals surface area contributed by atoms with E-state index in [-0.39, 0.29) is 0 Å². The second-order valence-corrected chi connectivity index (χ2v) is 4.75. The SMILES string of the molecule is CCNCc1ccc(Oc2c(C)cccc2C)cc1. The van der Waals surface area contributed by atoms with E-state index < -0.39 is 0 Å². The summed E-state index contributed by atoms with van der Waals surface area (Å²) in [5.41, 5.74) is 3.60. The number of benzene rings is 2. The van der Waals surface area contributed by atoms with Gasteiger partial charge < -0.3 is 10.1 Å². The van der Waals surface area contributed by atoms with Crippen LogP contribution in [0.5, 0.6) is 11.5 Å². The van der Waals surface area contributed by atoms with E-state index in [0.29, 0.717) is 0 Å². The third kappa shape index (κ3) is 3.58. The van der Waals surface area contributed by atoms with Gasteiger partial charge in [0.2, 0.25) is 0 Å². The summed E-state index contributed by atoms with van der Waals surface area (Å²) in [5.74, 6) is 1.85. The summed E-state index contributed by atoms with van der Waals surface area (Å²) in [5, 5.41) is 3.31. The molecule has 2 aromatic carbocycles. The molecule has 2 rings (SSSR count). The summed E-state index contributed by atoms with van der Waals surface area (Å²) >= 11 is 0. The number of para-hydroxylation sites is 1. The van der Waals surface area contributed by atoms with Gasteiger partial charge in [-0.2, -0.15) is 0 Å². The molecular weight excluding hydrogens is 234 g/mol. The van der Waals surface area contributed by atoms with Gasteiger partial charge in [-0.15, -0.1) is 0 Å². The molecule has 0 heterocycles. The van der Waals surface area contributed by atoms with E-state index in [0.717, 1.165) is 35.7 Å². The minimum Gasteiger partial charge on any atom is -0.457 e. The highest BCUT2D eigenvalue weighted by Crippen LogP contribution is 2.28. The lowest BCUT2D eigenvalue weighted by molar-refractivity contribution is 0.475. The molecule has 0 bridgehead atoms. The van der Waals surface area contributed by atoms with Gasteiger partial charge in [-0.25, -0.2) is 0 Å². The lowest BCUT2D eigenvalue weighted by Crippen LogP contribution is -2.11. The Hall–Kier alpha value is -1.80. The minimum absolute atomic E-state index is 0.887. The second-order valence-electron chi connectivity index (χ2n) is 4.75. The van der Waals surface area contributed by atoms with E-state index in [1.807, 2.05) is 12.1 Å². The van der Waals surface area contributed by atoms with Crippen molar-refractivity contribution in [3.05, 3.63) is 59.2 Å². The van der Waals surface area contributed by atoms with Gasteiger partial charge >= 0.3 is 0 Å². The molecule has 0 saturated carbocycles. The average Bonchev–Trinajstić information content (AvgIpc) is 2.42. The molecule has 0 spiro atoms. The fraction of sp³-hybridized carbons (Fsp3) is 0.294. The van der Waals surface area contributed by atoms with E-state index in [1.54, 1.807) is 0 Å². The summed E-state index contributed by atoms with van der Waals surface area (Å²) in [6.45, 7) is 8.14. The maximum atomic E-state index is 5.98. The fourth-order valence-electron chi connectivity index (χ4n) is 2.02. The number of nitrogens with one attached hydrogen (secondary N) is 1. The lowest BCUT2D eigenvalue weighted by Gasteiger charge is -2.12. The molecule has 1 N–H and O–H groups in total. The molecular formula is C17H21NO. The predicted molar refractivity (Wildman–Crippen MR) is 79.8 cm³/mol. The first-order valence-electron chi connectivity index (χ1n) is 6.74. The van der Waals surface area contributed by atoms with Gasteiger partial charge in [0.1, 0.15) is 11.5 Å². The molecule has 0 unspecified atom stereocenters. The van der Waals surface area contributed by atoms with Crippen LogP contribution in [0.3, 0.4) is 0 Å². The van der Waals surface area contributed by atoms with Crippen molar-refractivity contribution in [2.24, 2.45) is 0 Å². The summed E-state index contributed by atoms with van der Waals surface area (Å²) in [7, 11) is 0. The zero-order valence-electron chi connectivity index (χ0n) is 11.9. The second kappa shape index (κ2) is 6.39. The van der Waals surface area contributed by atoms with E-state index in [4.69, 9.17) is 4.74 Å². The van der Waals surface area contributed by atoms with Crippen LogP contribution in [0.15, 0.2) is 42.5 Å². The Morgan fingerprint density at radius 2 is 1.58 bits per heavy atom. The van der Waals surface area contributed by atoms with Gasteiger partial charge in [0.25, 0.3) is 0 Å². The van der Waals surface area contributed by atoms with Gasteiger partial charge in [0.15, 0.2) is 0 Å². The van der Waals surface area contributed by atoms with Crippen LogP contribution in [0.1, 0.15) is 23.6 Å². The van der Waals surface area contributed by atoms with Crippen LogP contribution in [-0.4, -0.2) is 6.54 Å². The highest BCUT2D eigenvalue weighted by molar-refractivity contribution is 5.43. The van der Waals surface area contributed by atoms with Crippen LogP contribution in [0.4, 0.5) is 0 Å². The average molecular weight is 255 g/mol. The molecule has 0 aliphatic carbocycles. The third-order valence-electron chi connectivity index (χ3n) is 3.13. The maximum Gasteiger partial charge on any atom is 0.133 e. The molecule has 0 saturated heterocycles. The van der Waals surface area contributed by atoms with Crippen LogP contribution in [0.25, 0.3) is 0 Å². The van der Waals surface area contributed by atoms with Crippen molar-refractivity contribution < 1.29 is 4.74 Å². The molecule has 2 nitrogen and oxygen atoms in total.